The molecule has 0 radical (unpaired) electrons. The summed E-state index contributed by atoms with van der Waals surface area (Å²) >= 11 is 9.28. The Morgan fingerprint density at radius 2 is 2.00 bits per heavy atom. The van der Waals surface area contributed by atoms with Gasteiger partial charge in [-0.2, -0.15) is 0 Å². The first-order valence-electron chi connectivity index (χ1n) is 6.15. The van der Waals surface area contributed by atoms with E-state index in [0.717, 1.165) is 10.0 Å². The van der Waals surface area contributed by atoms with E-state index < -0.39 is 0 Å². The smallest absolute Gasteiger partial charge is 0.164 e. The summed E-state index contributed by atoms with van der Waals surface area (Å²) in [5, 5.41) is 0.658. The second kappa shape index (κ2) is 6.01. The third-order valence-electron chi connectivity index (χ3n) is 3.43. The van der Waals surface area contributed by atoms with Crippen LogP contribution in [0.5, 0.6) is 0 Å². The van der Waals surface area contributed by atoms with Crippen LogP contribution in [0, 0.1) is 5.92 Å². The van der Waals surface area contributed by atoms with Crippen LogP contribution in [0.25, 0.3) is 0 Å². The van der Waals surface area contributed by atoms with Gasteiger partial charge in [0, 0.05) is 21.5 Å². The Kier molecular flexibility index (Phi) is 4.63. The highest BCUT2D eigenvalue weighted by molar-refractivity contribution is 9.10. The van der Waals surface area contributed by atoms with Gasteiger partial charge in [0.05, 0.1) is 0 Å². The zero-order chi connectivity index (χ0) is 12.3. The quantitative estimate of drug-likeness (QED) is 0.696. The molecule has 0 spiro atoms. The SMILES string of the molecule is O=C(CC1CCCCC1)c1ccc(Cl)cc1Br. The normalized spacial score (nSPS) is 17.1. The minimum atomic E-state index is 0.237. The Morgan fingerprint density at radius 3 is 2.65 bits per heavy atom. The van der Waals surface area contributed by atoms with Crippen molar-refractivity contribution in [3.63, 3.8) is 0 Å². The van der Waals surface area contributed by atoms with Gasteiger partial charge in [0.25, 0.3) is 0 Å². The number of carbonyl (C=O) groups is 1. The molecule has 1 aromatic rings. The van der Waals surface area contributed by atoms with Crippen LogP contribution in [-0.2, 0) is 0 Å². The highest BCUT2D eigenvalue weighted by atomic mass is 79.9. The topological polar surface area (TPSA) is 17.1 Å². The third-order valence-corrected chi connectivity index (χ3v) is 4.32. The minimum absolute atomic E-state index is 0.237. The highest BCUT2D eigenvalue weighted by Gasteiger charge is 2.19. The molecule has 1 nitrogen and oxygen atoms in total. The summed E-state index contributed by atoms with van der Waals surface area (Å²) in [6.45, 7) is 0. The number of carbonyl (C=O) groups excluding carboxylic acids is 1. The van der Waals surface area contributed by atoms with Crippen LogP contribution in [0.4, 0.5) is 0 Å². The van der Waals surface area contributed by atoms with E-state index in [1.165, 1.54) is 32.1 Å². The van der Waals surface area contributed by atoms with Crippen LogP contribution in [0.15, 0.2) is 22.7 Å². The molecule has 1 aliphatic carbocycles. The van der Waals surface area contributed by atoms with Crippen LogP contribution >= 0.6 is 27.5 Å². The Hall–Kier alpha value is -0.340. The Bertz CT molecular complexity index is 411. The summed E-state index contributed by atoms with van der Waals surface area (Å²) < 4.78 is 0.811. The van der Waals surface area contributed by atoms with E-state index in [9.17, 15) is 4.79 Å². The molecule has 0 aromatic heterocycles. The first-order chi connectivity index (χ1) is 8.16. The minimum Gasteiger partial charge on any atom is -0.294 e. The predicted octanol–water partition coefficient (Wildman–Crippen LogP) is 5.26. The van der Waals surface area contributed by atoms with Crippen molar-refractivity contribution < 1.29 is 4.79 Å². The van der Waals surface area contributed by atoms with Crippen LogP contribution < -0.4 is 0 Å². The molecular weight excluding hydrogens is 300 g/mol. The summed E-state index contributed by atoms with van der Waals surface area (Å²) in [5.41, 5.74) is 0.764. The molecule has 0 N–H and O–H groups in total. The van der Waals surface area contributed by atoms with Crippen LogP contribution in [0.1, 0.15) is 48.9 Å². The summed E-state index contributed by atoms with van der Waals surface area (Å²) in [4.78, 5) is 12.2. The van der Waals surface area contributed by atoms with Crippen molar-refractivity contribution in [1.82, 2.24) is 0 Å². The van der Waals surface area contributed by atoms with Gasteiger partial charge in [-0.05, 0) is 40.0 Å². The summed E-state index contributed by atoms with van der Waals surface area (Å²) in [6.07, 6.45) is 6.98. The number of benzene rings is 1. The summed E-state index contributed by atoms with van der Waals surface area (Å²) in [7, 11) is 0. The Morgan fingerprint density at radius 1 is 1.29 bits per heavy atom. The molecule has 0 atom stereocenters. The second-order valence-corrected chi connectivity index (χ2v) is 6.05. The van der Waals surface area contributed by atoms with Gasteiger partial charge in [-0.25, -0.2) is 0 Å². The molecule has 0 aliphatic heterocycles. The fraction of sp³-hybridized carbons (Fsp3) is 0.500. The maximum absolute atomic E-state index is 12.2. The van der Waals surface area contributed by atoms with Crippen molar-refractivity contribution >= 4 is 33.3 Å². The Balaban J connectivity index is 2.03. The molecule has 2 rings (SSSR count). The van der Waals surface area contributed by atoms with Crippen molar-refractivity contribution in [1.29, 1.82) is 0 Å². The number of rotatable bonds is 3. The van der Waals surface area contributed by atoms with Crippen molar-refractivity contribution in [3.05, 3.63) is 33.3 Å². The summed E-state index contributed by atoms with van der Waals surface area (Å²) in [5.74, 6) is 0.819. The average molecular weight is 316 g/mol. The number of hydrogen-bond acceptors (Lipinski definition) is 1. The molecule has 1 aliphatic rings. The van der Waals surface area contributed by atoms with Gasteiger partial charge in [-0.1, -0.05) is 43.7 Å². The zero-order valence-corrected chi connectivity index (χ0v) is 12.1. The molecule has 0 bridgehead atoms. The van der Waals surface area contributed by atoms with E-state index in [4.69, 9.17) is 11.6 Å². The van der Waals surface area contributed by atoms with E-state index in [2.05, 4.69) is 15.9 Å². The standard InChI is InChI=1S/C14H16BrClO/c15-13-9-11(16)6-7-12(13)14(17)8-10-4-2-1-3-5-10/h6-7,9-10H,1-5,8H2. The number of halogens is 2. The first-order valence-corrected chi connectivity index (χ1v) is 7.32. The molecule has 0 heterocycles. The van der Waals surface area contributed by atoms with Crippen molar-refractivity contribution in [2.45, 2.75) is 38.5 Å². The third kappa shape index (κ3) is 3.56. The van der Waals surface area contributed by atoms with E-state index in [1.807, 2.05) is 6.07 Å². The molecule has 3 heteroatoms. The number of ketones is 1. The molecule has 92 valence electrons. The molecule has 1 fully saturated rings. The lowest BCUT2D eigenvalue weighted by Gasteiger charge is -2.20. The fourth-order valence-corrected chi connectivity index (χ4v) is 3.38. The predicted molar refractivity (Wildman–Crippen MR) is 74.7 cm³/mol. The largest absolute Gasteiger partial charge is 0.294 e. The van der Waals surface area contributed by atoms with Gasteiger partial charge >= 0.3 is 0 Å². The molecule has 0 saturated heterocycles. The van der Waals surface area contributed by atoms with Crippen molar-refractivity contribution in [2.24, 2.45) is 5.92 Å². The van der Waals surface area contributed by atoms with Crippen LogP contribution in [0.3, 0.4) is 0 Å². The maximum atomic E-state index is 12.2. The van der Waals surface area contributed by atoms with Crippen molar-refractivity contribution in [2.75, 3.05) is 0 Å². The monoisotopic (exact) mass is 314 g/mol. The average Bonchev–Trinajstić information content (AvgIpc) is 2.30. The number of Topliss-reactive ketones (excluding diaryl/α,β-unsaturated/α-hetero) is 1. The zero-order valence-electron chi connectivity index (χ0n) is 9.72. The maximum Gasteiger partial charge on any atom is 0.164 e. The highest BCUT2D eigenvalue weighted by Crippen LogP contribution is 2.29. The number of hydrogen-bond donors (Lipinski definition) is 0. The van der Waals surface area contributed by atoms with Gasteiger partial charge in [0.15, 0.2) is 5.78 Å². The molecular formula is C14H16BrClO. The molecule has 17 heavy (non-hydrogen) atoms. The molecule has 1 saturated carbocycles. The molecule has 0 unspecified atom stereocenters. The van der Waals surface area contributed by atoms with Gasteiger partial charge < -0.3 is 0 Å². The van der Waals surface area contributed by atoms with Gasteiger partial charge in [0.2, 0.25) is 0 Å². The van der Waals surface area contributed by atoms with Crippen LogP contribution in [0.2, 0.25) is 5.02 Å². The van der Waals surface area contributed by atoms with Gasteiger partial charge in [0.1, 0.15) is 0 Å². The molecule has 1 aromatic carbocycles. The van der Waals surface area contributed by atoms with E-state index in [1.54, 1.807) is 12.1 Å². The lowest BCUT2D eigenvalue weighted by molar-refractivity contribution is 0.0949. The van der Waals surface area contributed by atoms with Crippen LogP contribution in [-0.4, -0.2) is 5.78 Å². The lowest BCUT2D eigenvalue weighted by Crippen LogP contribution is -2.12. The van der Waals surface area contributed by atoms with Crippen molar-refractivity contribution in [3.8, 4) is 0 Å². The second-order valence-electron chi connectivity index (χ2n) is 4.76. The summed E-state index contributed by atoms with van der Waals surface area (Å²) in [6, 6.07) is 5.38. The molecule has 0 amide bonds. The van der Waals surface area contributed by atoms with Gasteiger partial charge in [-0.15, -0.1) is 0 Å². The van der Waals surface area contributed by atoms with E-state index in [0.29, 0.717) is 17.4 Å². The van der Waals surface area contributed by atoms with Gasteiger partial charge in [-0.3, -0.25) is 4.79 Å². The van der Waals surface area contributed by atoms with E-state index in [-0.39, 0.29) is 5.78 Å². The Labute approximate surface area is 116 Å². The van der Waals surface area contributed by atoms with E-state index >= 15 is 0 Å². The lowest BCUT2D eigenvalue weighted by atomic mass is 9.85. The fourth-order valence-electron chi connectivity index (χ4n) is 2.48. The first kappa shape index (κ1) is 13.1.